The number of unbranched alkanes of at least 4 members (excludes halogenated alkanes) is 11. The van der Waals surface area contributed by atoms with Crippen molar-refractivity contribution < 1.29 is 15.0 Å². The fourth-order valence-corrected chi connectivity index (χ4v) is 11.8. The van der Waals surface area contributed by atoms with E-state index in [-0.39, 0.29) is 6.10 Å². The van der Waals surface area contributed by atoms with Gasteiger partial charge < -0.3 is 10.2 Å². The molecule has 3 heteroatoms. The Morgan fingerprint density at radius 1 is 0.857 bits per heavy atom. The summed E-state index contributed by atoms with van der Waals surface area (Å²) in [4.78, 5) is 10.5. The summed E-state index contributed by atoms with van der Waals surface area (Å²) >= 11 is 0. The first kappa shape index (κ1) is 40.4. The molecule has 0 radical (unpaired) electrons. The Morgan fingerprint density at radius 2 is 1.51 bits per heavy atom. The molecule has 4 aliphatic rings. The van der Waals surface area contributed by atoms with Crippen LogP contribution in [-0.2, 0) is 4.79 Å². The number of hydrogen-bond donors (Lipinski definition) is 2. The van der Waals surface area contributed by atoms with Gasteiger partial charge in [0.15, 0.2) is 0 Å². The SMILES string of the molecule is CC(C)[C@@H](C)CC[C@@H](C)[C@H]1CC[C@H]2[C@@H]3CC=C4CC(O)CC[C@]4(C)[C@H]3CC(CCCCCCCCCCCCCC=CC=CC(=O)O)[C@]12C. The minimum absolute atomic E-state index is 0.111. The van der Waals surface area contributed by atoms with Crippen LogP contribution in [0, 0.1) is 58.2 Å². The van der Waals surface area contributed by atoms with Crippen LogP contribution in [0.3, 0.4) is 0 Å². The lowest BCUT2D eigenvalue weighted by Gasteiger charge is -2.61. The summed E-state index contributed by atoms with van der Waals surface area (Å²) in [5.74, 6) is 5.94. The van der Waals surface area contributed by atoms with E-state index in [1.807, 2.05) is 6.08 Å². The van der Waals surface area contributed by atoms with E-state index in [0.717, 1.165) is 66.6 Å². The molecule has 2 unspecified atom stereocenters. The van der Waals surface area contributed by atoms with Gasteiger partial charge in [0, 0.05) is 6.08 Å². The molecule has 4 rings (SSSR count). The average molecular weight is 679 g/mol. The fraction of sp³-hybridized carbons (Fsp3) is 0.848. The second kappa shape index (κ2) is 19.5. The largest absolute Gasteiger partial charge is 0.478 e. The number of allylic oxidation sites excluding steroid dienone is 4. The van der Waals surface area contributed by atoms with Gasteiger partial charge in [-0.25, -0.2) is 4.79 Å². The third-order valence-electron chi connectivity index (χ3n) is 15.3. The number of aliphatic carboxylic acids is 1. The van der Waals surface area contributed by atoms with Crippen LogP contribution in [0.15, 0.2) is 36.0 Å². The third kappa shape index (κ3) is 10.6. The molecule has 0 aromatic rings. The van der Waals surface area contributed by atoms with Crippen LogP contribution in [0.5, 0.6) is 0 Å². The highest BCUT2D eigenvalue weighted by atomic mass is 16.4. The highest BCUT2D eigenvalue weighted by Crippen LogP contribution is 2.69. The van der Waals surface area contributed by atoms with Crippen molar-refractivity contribution in [1.82, 2.24) is 0 Å². The molecule has 2 N–H and O–H groups in total. The predicted molar refractivity (Wildman–Crippen MR) is 208 cm³/mol. The van der Waals surface area contributed by atoms with Crippen LogP contribution < -0.4 is 0 Å². The zero-order chi connectivity index (χ0) is 35.4. The maximum absolute atomic E-state index is 10.6. The average Bonchev–Trinajstić information content (AvgIpc) is 3.43. The highest BCUT2D eigenvalue weighted by molar-refractivity contribution is 5.80. The van der Waals surface area contributed by atoms with Gasteiger partial charge in [0.2, 0.25) is 0 Å². The number of aliphatic hydroxyl groups excluding tert-OH is 1. The van der Waals surface area contributed by atoms with Crippen LogP contribution in [-0.4, -0.2) is 22.3 Å². The zero-order valence-electron chi connectivity index (χ0n) is 32.9. The maximum atomic E-state index is 10.6. The van der Waals surface area contributed by atoms with E-state index in [9.17, 15) is 9.90 Å². The van der Waals surface area contributed by atoms with Crippen LogP contribution in [0.4, 0.5) is 0 Å². The summed E-state index contributed by atoms with van der Waals surface area (Å²) < 4.78 is 0. The minimum atomic E-state index is -0.883. The van der Waals surface area contributed by atoms with Crippen molar-refractivity contribution in [3.05, 3.63) is 36.0 Å². The molecule has 3 nitrogen and oxygen atoms in total. The van der Waals surface area contributed by atoms with Gasteiger partial charge >= 0.3 is 5.97 Å². The fourth-order valence-electron chi connectivity index (χ4n) is 11.8. The predicted octanol–water partition coefficient (Wildman–Crippen LogP) is 13.1. The first-order chi connectivity index (χ1) is 23.5. The van der Waals surface area contributed by atoms with Crippen molar-refractivity contribution in [1.29, 1.82) is 0 Å². The van der Waals surface area contributed by atoms with Crippen LogP contribution in [0.1, 0.15) is 183 Å². The van der Waals surface area contributed by atoms with Crippen molar-refractivity contribution in [3.8, 4) is 0 Å². The second-order valence-corrected chi connectivity index (χ2v) is 18.5. The first-order valence-corrected chi connectivity index (χ1v) is 21.4. The van der Waals surface area contributed by atoms with Crippen molar-refractivity contribution in [2.75, 3.05) is 0 Å². The molecule has 0 amide bonds. The van der Waals surface area contributed by atoms with Gasteiger partial charge in [0.1, 0.15) is 0 Å². The van der Waals surface area contributed by atoms with E-state index < -0.39 is 5.97 Å². The van der Waals surface area contributed by atoms with E-state index in [0.29, 0.717) is 10.8 Å². The second-order valence-electron chi connectivity index (χ2n) is 18.5. The summed E-state index contributed by atoms with van der Waals surface area (Å²) in [6.07, 6.45) is 38.4. The number of rotatable bonds is 21. The maximum Gasteiger partial charge on any atom is 0.328 e. The number of aliphatic hydroxyl groups is 1. The Morgan fingerprint density at radius 3 is 2.16 bits per heavy atom. The standard InChI is InChI=1S/C46H78O3/c1-34(2)35(3)24-25-36(4)41-28-29-42-40-27-26-37-32-39(47)30-31-45(37,5)43(40)33-38(46(41,42)6)22-20-18-16-14-12-10-8-7-9-11-13-15-17-19-21-23-44(48)49/h17,19,21,23,26,34-36,38-43,47H,7-16,18,20,22,24-25,27-33H2,1-6H3,(H,48,49)/t35-,36+,38?,39?,40-,41+,42-,43-,45-,46+/m0/s1. The number of fused-ring (bicyclic) bond motifs is 5. The molecular weight excluding hydrogens is 601 g/mol. The van der Waals surface area contributed by atoms with Crippen LogP contribution in [0.2, 0.25) is 0 Å². The van der Waals surface area contributed by atoms with E-state index in [4.69, 9.17) is 5.11 Å². The van der Waals surface area contributed by atoms with Gasteiger partial charge in [-0.05, 0) is 122 Å². The summed E-state index contributed by atoms with van der Waals surface area (Å²) in [6.45, 7) is 15.4. The highest BCUT2D eigenvalue weighted by Gasteiger charge is 2.62. The van der Waals surface area contributed by atoms with Crippen molar-refractivity contribution >= 4 is 5.97 Å². The van der Waals surface area contributed by atoms with E-state index in [1.54, 1.807) is 11.6 Å². The smallest absolute Gasteiger partial charge is 0.328 e. The molecule has 0 heterocycles. The van der Waals surface area contributed by atoms with Gasteiger partial charge in [-0.1, -0.05) is 148 Å². The molecule has 0 saturated heterocycles. The first-order valence-electron chi connectivity index (χ1n) is 21.4. The molecule has 3 saturated carbocycles. The number of carboxylic acid groups (broad SMARTS) is 1. The molecule has 4 aliphatic carbocycles. The van der Waals surface area contributed by atoms with Crippen molar-refractivity contribution in [3.63, 3.8) is 0 Å². The summed E-state index contributed by atoms with van der Waals surface area (Å²) in [6, 6.07) is 0. The number of hydrogen-bond acceptors (Lipinski definition) is 2. The number of carboxylic acids is 1. The molecule has 280 valence electrons. The number of carbonyl (C=O) groups is 1. The monoisotopic (exact) mass is 679 g/mol. The zero-order valence-corrected chi connectivity index (χ0v) is 32.9. The van der Waals surface area contributed by atoms with Gasteiger partial charge in [0.05, 0.1) is 6.10 Å². The molecule has 49 heavy (non-hydrogen) atoms. The lowest BCUT2D eigenvalue weighted by atomic mass is 9.43. The molecule has 3 fully saturated rings. The summed E-state index contributed by atoms with van der Waals surface area (Å²) in [5, 5.41) is 19.2. The molecule has 0 aliphatic heterocycles. The minimum Gasteiger partial charge on any atom is -0.478 e. The van der Waals surface area contributed by atoms with Gasteiger partial charge in [-0.3, -0.25) is 0 Å². The van der Waals surface area contributed by atoms with E-state index in [2.05, 4.69) is 53.7 Å². The summed E-state index contributed by atoms with van der Waals surface area (Å²) in [7, 11) is 0. The van der Waals surface area contributed by atoms with Gasteiger partial charge in [0.25, 0.3) is 0 Å². The van der Waals surface area contributed by atoms with Crippen molar-refractivity contribution in [2.45, 2.75) is 189 Å². The lowest BCUT2D eigenvalue weighted by molar-refractivity contribution is -0.131. The van der Waals surface area contributed by atoms with Crippen LogP contribution in [0.25, 0.3) is 0 Å². The topological polar surface area (TPSA) is 57.5 Å². The molecular formula is C46H78O3. The van der Waals surface area contributed by atoms with E-state index in [1.165, 1.54) is 128 Å². The normalized spacial score (nSPS) is 34.2. The van der Waals surface area contributed by atoms with E-state index >= 15 is 0 Å². The van der Waals surface area contributed by atoms with Gasteiger partial charge in [-0.15, -0.1) is 0 Å². The quantitative estimate of drug-likeness (QED) is 0.0550. The molecule has 0 aromatic heterocycles. The molecule has 0 bridgehead atoms. The Balaban J connectivity index is 1.24. The van der Waals surface area contributed by atoms with Crippen molar-refractivity contribution in [2.24, 2.45) is 58.2 Å². The molecule has 10 atom stereocenters. The summed E-state index contributed by atoms with van der Waals surface area (Å²) in [5.41, 5.74) is 2.46. The third-order valence-corrected chi connectivity index (χ3v) is 15.3. The Labute approximate surface area is 303 Å². The Bertz CT molecular complexity index is 1090. The van der Waals surface area contributed by atoms with Gasteiger partial charge in [-0.2, -0.15) is 0 Å². The Kier molecular flexibility index (Phi) is 16.1. The Hall–Kier alpha value is -1.35. The molecule has 0 aromatic carbocycles. The molecule has 0 spiro atoms. The van der Waals surface area contributed by atoms with Crippen LogP contribution >= 0.6 is 0 Å². The lowest BCUT2D eigenvalue weighted by Crippen LogP contribution is -2.54.